The number of rotatable bonds is 3. The molecule has 0 amide bonds. The van der Waals surface area contributed by atoms with Gasteiger partial charge in [0.1, 0.15) is 0 Å². The summed E-state index contributed by atoms with van der Waals surface area (Å²) in [6.07, 6.45) is 6.71. The highest BCUT2D eigenvalue weighted by Crippen LogP contribution is 2.42. The first-order chi connectivity index (χ1) is 7.63. The zero-order valence-electron chi connectivity index (χ0n) is 13.1. The molecule has 0 heterocycles. The summed E-state index contributed by atoms with van der Waals surface area (Å²) in [5.74, 6) is 1.80. The molecule has 0 unspecified atom stereocenters. The molecule has 0 aromatic heterocycles. The Balaban J connectivity index is 2.61. The van der Waals surface area contributed by atoms with Crippen molar-refractivity contribution in [2.45, 2.75) is 78.1 Å². The van der Waals surface area contributed by atoms with E-state index in [1.165, 1.54) is 25.3 Å². The van der Waals surface area contributed by atoms with Crippen molar-refractivity contribution in [1.29, 1.82) is 0 Å². The third-order valence-corrected chi connectivity index (χ3v) is 10.6. The predicted octanol–water partition coefficient (Wildman–Crippen LogP) is 5.88. The Hall–Kier alpha value is -0.0431. The van der Waals surface area contributed by atoms with Gasteiger partial charge in [-0.15, -0.1) is 0 Å². The van der Waals surface area contributed by atoms with Gasteiger partial charge in [-0.3, -0.25) is 0 Å². The molecule has 0 aromatic carbocycles. The molecule has 1 heteroatoms. The van der Waals surface area contributed by atoms with Crippen LogP contribution in [-0.2, 0) is 0 Å². The van der Waals surface area contributed by atoms with Crippen LogP contribution in [0.2, 0.25) is 24.2 Å². The van der Waals surface area contributed by atoms with Crippen LogP contribution in [0.4, 0.5) is 0 Å². The first-order valence-corrected chi connectivity index (χ1v) is 10.5. The van der Waals surface area contributed by atoms with Gasteiger partial charge in [-0.25, -0.2) is 0 Å². The van der Waals surface area contributed by atoms with E-state index >= 15 is 0 Å². The fraction of sp³-hybridized carbons (Fsp3) is 0.875. The van der Waals surface area contributed by atoms with Crippen LogP contribution in [0.1, 0.15) is 53.9 Å². The molecule has 0 aliphatic heterocycles. The minimum atomic E-state index is -1.11. The number of allylic oxidation sites excluding steroid dienone is 2. The molecule has 1 atom stereocenters. The van der Waals surface area contributed by atoms with Crippen LogP contribution in [0.25, 0.3) is 0 Å². The lowest BCUT2D eigenvalue weighted by molar-refractivity contribution is 0.350. The number of hydrogen-bond donors (Lipinski definition) is 0. The predicted molar refractivity (Wildman–Crippen MR) is 82.3 cm³/mol. The van der Waals surface area contributed by atoms with E-state index in [9.17, 15) is 0 Å². The highest BCUT2D eigenvalue weighted by Gasteiger charge is 2.35. The third-order valence-electron chi connectivity index (χ3n) is 5.19. The number of hydrogen-bond acceptors (Lipinski definition) is 0. The maximum atomic E-state index is 2.58. The van der Waals surface area contributed by atoms with Crippen molar-refractivity contribution in [3.05, 3.63) is 11.6 Å². The van der Waals surface area contributed by atoms with Crippen molar-refractivity contribution < 1.29 is 0 Å². The zero-order valence-corrected chi connectivity index (χ0v) is 14.1. The molecule has 1 aliphatic carbocycles. The lowest BCUT2D eigenvalue weighted by Gasteiger charge is -2.39. The van der Waals surface area contributed by atoms with Crippen LogP contribution in [-0.4, -0.2) is 8.07 Å². The van der Waals surface area contributed by atoms with E-state index in [0.29, 0.717) is 5.04 Å². The summed E-state index contributed by atoms with van der Waals surface area (Å²) in [4.78, 5) is 0. The van der Waals surface area contributed by atoms with Crippen LogP contribution in [0, 0.1) is 11.8 Å². The van der Waals surface area contributed by atoms with Gasteiger partial charge in [-0.05, 0) is 42.2 Å². The van der Waals surface area contributed by atoms with E-state index in [0.717, 1.165) is 11.8 Å². The topological polar surface area (TPSA) is 0 Å². The van der Waals surface area contributed by atoms with Crippen molar-refractivity contribution in [2.24, 2.45) is 11.8 Å². The van der Waals surface area contributed by atoms with Crippen LogP contribution in [0.3, 0.4) is 0 Å². The molecule has 0 spiro atoms. The van der Waals surface area contributed by atoms with Gasteiger partial charge in [0.25, 0.3) is 0 Å². The summed E-state index contributed by atoms with van der Waals surface area (Å²) >= 11 is 0. The minimum Gasteiger partial charge on any atom is -0.0853 e. The monoisotopic (exact) mass is 252 g/mol. The summed E-state index contributed by atoms with van der Waals surface area (Å²) in [5.41, 5.74) is 1.77. The summed E-state index contributed by atoms with van der Waals surface area (Å²) in [6.45, 7) is 17.2. The molecule has 0 saturated heterocycles. The molecule has 0 N–H and O–H groups in total. The summed E-state index contributed by atoms with van der Waals surface area (Å²) < 4.78 is 0. The minimum absolute atomic E-state index is 0.530. The van der Waals surface area contributed by atoms with Gasteiger partial charge >= 0.3 is 0 Å². The standard InChI is InChI=1S/C16H32Si/c1-13(2)15-10-8-14(9-11-15)12-17(6,7)16(3,4)5/h8,13,15H,9-12H2,1-7H3/t15-/m1/s1. The van der Waals surface area contributed by atoms with E-state index in [-0.39, 0.29) is 0 Å². The molecule has 1 rings (SSSR count). The molecule has 17 heavy (non-hydrogen) atoms. The first-order valence-electron chi connectivity index (χ1n) is 7.31. The second kappa shape index (κ2) is 5.30. The summed E-state index contributed by atoms with van der Waals surface area (Å²) in [6, 6.07) is 1.42. The molecule has 0 aromatic rings. The van der Waals surface area contributed by atoms with Crippen LogP contribution in [0.15, 0.2) is 11.6 Å². The Morgan fingerprint density at radius 2 is 1.88 bits per heavy atom. The Morgan fingerprint density at radius 3 is 2.24 bits per heavy atom. The van der Waals surface area contributed by atoms with E-state index in [1.807, 2.05) is 0 Å². The zero-order chi connectivity index (χ0) is 13.3. The van der Waals surface area contributed by atoms with Crippen molar-refractivity contribution in [3.8, 4) is 0 Å². The van der Waals surface area contributed by atoms with Crippen LogP contribution >= 0.6 is 0 Å². The second-order valence-corrected chi connectivity index (χ2v) is 13.6. The van der Waals surface area contributed by atoms with E-state index in [2.05, 4.69) is 53.8 Å². The van der Waals surface area contributed by atoms with Gasteiger partial charge in [0.05, 0.1) is 8.07 Å². The lowest BCUT2D eigenvalue weighted by Crippen LogP contribution is -2.37. The normalized spacial score (nSPS) is 22.8. The van der Waals surface area contributed by atoms with Crippen molar-refractivity contribution >= 4 is 8.07 Å². The molecule has 0 nitrogen and oxygen atoms in total. The SMILES string of the molecule is CC(C)[C@@H]1CC=C(C[Si](C)(C)C(C)(C)C)CC1. The van der Waals surface area contributed by atoms with E-state index in [4.69, 9.17) is 0 Å². The second-order valence-electron chi connectivity index (χ2n) is 7.95. The first kappa shape index (κ1) is 15.0. The Bertz CT molecular complexity index is 278. The molecular formula is C16H32Si. The largest absolute Gasteiger partial charge is 0.0853 e. The smallest absolute Gasteiger partial charge is 0.0568 e. The Kier molecular flexibility index (Phi) is 4.68. The highest BCUT2D eigenvalue weighted by atomic mass is 28.3. The van der Waals surface area contributed by atoms with Crippen LogP contribution in [0.5, 0.6) is 0 Å². The Morgan fingerprint density at radius 1 is 1.29 bits per heavy atom. The van der Waals surface area contributed by atoms with Gasteiger partial charge < -0.3 is 0 Å². The Labute approximate surface area is 110 Å². The molecule has 0 saturated carbocycles. The quantitative estimate of drug-likeness (QED) is 0.435. The van der Waals surface area contributed by atoms with Gasteiger partial charge in [0.2, 0.25) is 0 Å². The third kappa shape index (κ3) is 3.98. The van der Waals surface area contributed by atoms with Gasteiger partial charge in [-0.1, -0.05) is 59.4 Å². The average molecular weight is 253 g/mol. The molecule has 0 bridgehead atoms. The maximum absolute atomic E-state index is 2.58. The molecule has 0 radical (unpaired) electrons. The average Bonchev–Trinajstić information content (AvgIpc) is 2.16. The maximum Gasteiger partial charge on any atom is 0.0568 e. The van der Waals surface area contributed by atoms with Gasteiger partial charge in [-0.2, -0.15) is 0 Å². The molecule has 0 fully saturated rings. The van der Waals surface area contributed by atoms with E-state index in [1.54, 1.807) is 5.57 Å². The molecule has 1 aliphatic rings. The molecule has 100 valence electrons. The van der Waals surface area contributed by atoms with Crippen molar-refractivity contribution in [2.75, 3.05) is 0 Å². The highest BCUT2D eigenvalue weighted by molar-refractivity contribution is 6.80. The van der Waals surface area contributed by atoms with Crippen LogP contribution < -0.4 is 0 Å². The molecular weight excluding hydrogens is 220 g/mol. The van der Waals surface area contributed by atoms with Gasteiger partial charge in [0.15, 0.2) is 0 Å². The van der Waals surface area contributed by atoms with E-state index < -0.39 is 8.07 Å². The summed E-state index contributed by atoms with van der Waals surface area (Å²) in [5, 5.41) is 0.530. The van der Waals surface area contributed by atoms with Gasteiger partial charge in [0, 0.05) is 0 Å². The fourth-order valence-electron chi connectivity index (χ4n) is 2.51. The van der Waals surface area contributed by atoms with Crippen molar-refractivity contribution in [3.63, 3.8) is 0 Å². The lowest BCUT2D eigenvalue weighted by atomic mass is 9.83. The fourth-order valence-corrected chi connectivity index (χ4v) is 4.49. The summed E-state index contributed by atoms with van der Waals surface area (Å²) in [7, 11) is -1.11. The van der Waals surface area contributed by atoms with Crippen molar-refractivity contribution in [1.82, 2.24) is 0 Å².